The van der Waals surface area contributed by atoms with Gasteiger partial charge in [-0.15, -0.1) is 11.3 Å². The molecule has 216 valence electrons. The van der Waals surface area contributed by atoms with Crippen molar-refractivity contribution in [2.24, 2.45) is 0 Å². The summed E-state index contributed by atoms with van der Waals surface area (Å²) in [6.45, 7) is 5.68. The SMILES string of the molecule is CCN(C(=O)c1nc(C(=O)NCC(C)(C)O)sc1-c1ccc(S(=O)(=O)N[C@@H](C)C(F)(F)F)c(Cl)c1Cl)C1CC1. The normalized spacial score (nSPS) is 15.2. The summed E-state index contributed by atoms with van der Waals surface area (Å²) >= 11 is 13.4. The summed E-state index contributed by atoms with van der Waals surface area (Å²) in [7, 11) is -4.73. The van der Waals surface area contributed by atoms with Gasteiger partial charge in [-0.1, -0.05) is 29.3 Å². The van der Waals surface area contributed by atoms with E-state index in [0.29, 0.717) is 13.5 Å². The van der Waals surface area contributed by atoms with Crippen molar-refractivity contribution in [1.82, 2.24) is 19.9 Å². The van der Waals surface area contributed by atoms with E-state index in [-0.39, 0.29) is 38.8 Å². The van der Waals surface area contributed by atoms with E-state index in [2.05, 4.69) is 10.3 Å². The Bertz CT molecular complexity index is 1370. The molecule has 1 fully saturated rings. The lowest BCUT2D eigenvalue weighted by molar-refractivity contribution is -0.147. The molecule has 3 rings (SSSR count). The van der Waals surface area contributed by atoms with Gasteiger partial charge in [0.1, 0.15) is 16.6 Å². The Hall–Kier alpha value is -1.97. The molecule has 2 aromatic rings. The Morgan fingerprint density at radius 3 is 2.36 bits per heavy atom. The number of rotatable bonds is 10. The first-order chi connectivity index (χ1) is 17.9. The smallest absolute Gasteiger partial charge is 0.389 e. The van der Waals surface area contributed by atoms with Gasteiger partial charge in [0.25, 0.3) is 11.8 Å². The van der Waals surface area contributed by atoms with Gasteiger partial charge in [0.2, 0.25) is 10.0 Å². The predicted octanol–water partition coefficient (Wildman–Crippen LogP) is 4.47. The fraction of sp³-hybridized carbons (Fsp3) is 0.522. The van der Waals surface area contributed by atoms with Crippen molar-refractivity contribution in [2.75, 3.05) is 13.1 Å². The third kappa shape index (κ3) is 7.41. The van der Waals surface area contributed by atoms with Gasteiger partial charge in [-0.2, -0.15) is 17.9 Å². The van der Waals surface area contributed by atoms with E-state index in [9.17, 15) is 36.3 Å². The highest BCUT2D eigenvalue weighted by atomic mass is 35.5. The molecule has 1 saturated carbocycles. The third-order valence-electron chi connectivity index (χ3n) is 5.70. The van der Waals surface area contributed by atoms with Crippen molar-refractivity contribution in [3.05, 3.63) is 32.9 Å². The Balaban J connectivity index is 2.08. The summed E-state index contributed by atoms with van der Waals surface area (Å²) in [5, 5.41) is 11.4. The van der Waals surface area contributed by atoms with Crippen LogP contribution in [0.15, 0.2) is 17.0 Å². The highest BCUT2D eigenvalue weighted by molar-refractivity contribution is 7.89. The number of alkyl halides is 3. The lowest BCUT2D eigenvalue weighted by Crippen LogP contribution is -2.43. The van der Waals surface area contributed by atoms with Gasteiger partial charge in [0.15, 0.2) is 5.01 Å². The quantitative estimate of drug-likeness (QED) is 0.355. The van der Waals surface area contributed by atoms with Gasteiger partial charge >= 0.3 is 6.18 Å². The standard InChI is InChI=1S/C23H27Cl2F3N4O5S2/c1-5-32(12-6-7-12)21(34)17-18(38-20(30-17)19(33)29-10-22(3,4)35)13-8-9-14(16(25)15(13)24)39(36,37)31-11(2)23(26,27)28/h8-9,11-12,31,35H,5-7,10H2,1-4H3,(H,29,33)/t11-/m0/s1. The van der Waals surface area contributed by atoms with Crippen molar-refractivity contribution < 1.29 is 36.3 Å². The number of thiazole rings is 1. The Kier molecular flexibility index (Phi) is 9.30. The first-order valence-electron chi connectivity index (χ1n) is 11.8. The van der Waals surface area contributed by atoms with Crippen LogP contribution in [0.4, 0.5) is 13.2 Å². The van der Waals surface area contributed by atoms with Crippen molar-refractivity contribution in [2.45, 2.75) is 69.3 Å². The van der Waals surface area contributed by atoms with Crippen LogP contribution in [0, 0.1) is 0 Å². The zero-order valence-corrected chi connectivity index (χ0v) is 24.5. The van der Waals surface area contributed by atoms with Gasteiger partial charge in [0, 0.05) is 24.7 Å². The van der Waals surface area contributed by atoms with Gasteiger partial charge in [-0.3, -0.25) is 9.59 Å². The molecule has 0 spiro atoms. The number of hydrogen-bond acceptors (Lipinski definition) is 7. The van der Waals surface area contributed by atoms with Crippen LogP contribution in [0.3, 0.4) is 0 Å². The van der Waals surface area contributed by atoms with Crippen LogP contribution < -0.4 is 10.0 Å². The lowest BCUT2D eigenvalue weighted by atomic mass is 10.1. The van der Waals surface area contributed by atoms with Crippen LogP contribution in [-0.4, -0.2) is 72.2 Å². The van der Waals surface area contributed by atoms with E-state index in [1.54, 1.807) is 11.8 Å². The molecule has 39 heavy (non-hydrogen) atoms. The Labute approximate surface area is 237 Å². The minimum absolute atomic E-state index is 0.0118. The summed E-state index contributed by atoms with van der Waals surface area (Å²) in [5.41, 5.74) is -1.26. The highest BCUT2D eigenvalue weighted by Gasteiger charge is 2.40. The van der Waals surface area contributed by atoms with E-state index in [4.69, 9.17) is 23.2 Å². The monoisotopic (exact) mass is 630 g/mol. The molecule has 0 bridgehead atoms. The second-order valence-corrected chi connectivity index (χ2v) is 13.1. The molecule has 0 unspecified atom stereocenters. The van der Waals surface area contributed by atoms with Gasteiger partial charge in [-0.05, 0) is 46.6 Å². The number of aromatic nitrogens is 1. The zero-order chi connectivity index (χ0) is 29.5. The average molecular weight is 632 g/mol. The highest BCUT2D eigenvalue weighted by Crippen LogP contribution is 2.42. The molecule has 1 aromatic carbocycles. The molecule has 16 heteroatoms. The molecule has 1 atom stereocenters. The van der Waals surface area contributed by atoms with Gasteiger partial charge in [0.05, 0.1) is 20.5 Å². The second-order valence-electron chi connectivity index (χ2n) is 9.64. The maximum atomic E-state index is 13.5. The van der Waals surface area contributed by atoms with E-state index in [1.165, 1.54) is 24.6 Å². The van der Waals surface area contributed by atoms with E-state index in [0.717, 1.165) is 30.2 Å². The van der Waals surface area contributed by atoms with Crippen LogP contribution in [0.1, 0.15) is 60.8 Å². The van der Waals surface area contributed by atoms with Crippen molar-refractivity contribution in [3.8, 4) is 10.4 Å². The molecule has 1 aromatic heterocycles. The molecule has 0 saturated heterocycles. The van der Waals surface area contributed by atoms with E-state index >= 15 is 0 Å². The number of benzene rings is 1. The number of halogens is 5. The summed E-state index contributed by atoms with van der Waals surface area (Å²) in [5.74, 6) is -1.14. The molecule has 2 amide bonds. The van der Waals surface area contributed by atoms with Crippen LogP contribution in [0.2, 0.25) is 10.0 Å². The number of hydrogen-bond donors (Lipinski definition) is 3. The third-order valence-corrected chi connectivity index (χ3v) is 9.36. The fourth-order valence-corrected chi connectivity index (χ4v) is 6.64. The average Bonchev–Trinajstić information content (AvgIpc) is 3.55. The first-order valence-corrected chi connectivity index (χ1v) is 14.8. The number of nitrogens with one attached hydrogen (secondary N) is 2. The summed E-state index contributed by atoms with van der Waals surface area (Å²) < 4.78 is 65.7. The maximum absolute atomic E-state index is 13.5. The minimum atomic E-state index is -4.84. The molecule has 1 aliphatic rings. The Morgan fingerprint density at radius 2 is 1.85 bits per heavy atom. The van der Waals surface area contributed by atoms with Crippen LogP contribution in [0.25, 0.3) is 10.4 Å². The number of carbonyl (C=O) groups is 2. The maximum Gasteiger partial charge on any atom is 0.404 e. The Morgan fingerprint density at radius 1 is 1.23 bits per heavy atom. The minimum Gasteiger partial charge on any atom is -0.389 e. The number of sulfonamides is 1. The molecule has 1 aliphatic carbocycles. The van der Waals surface area contributed by atoms with Crippen molar-refractivity contribution in [1.29, 1.82) is 0 Å². The van der Waals surface area contributed by atoms with E-state index in [1.807, 2.05) is 0 Å². The van der Waals surface area contributed by atoms with Crippen molar-refractivity contribution in [3.63, 3.8) is 0 Å². The summed E-state index contributed by atoms with van der Waals surface area (Å²) in [6.07, 6.45) is -3.23. The zero-order valence-electron chi connectivity index (χ0n) is 21.3. The first kappa shape index (κ1) is 31.6. The summed E-state index contributed by atoms with van der Waals surface area (Å²) in [4.78, 5) is 31.5. The second kappa shape index (κ2) is 11.5. The van der Waals surface area contributed by atoms with E-state index < -0.39 is 49.6 Å². The molecular formula is C23H27Cl2F3N4O5S2. The molecule has 0 aliphatic heterocycles. The van der Waals surface area contributed by atoms with Gasteiger partial charge in [-0.25, -0.2) is 13.4 Å². The lowest BCUT2D eigenvalue weighted by Gasteiger charge is -2.20. The number of amides is 2. The predicted molar refractivity (Wildman–Crippen MR) is 142 cm³/mol. The fourth-order valence-electron chi connectivity index (χ4n) is 3.48. The number of nitrogens with zero attached hydrogens (tertiary/aromatic N) is 2. The number of carbonyl (C=O) groups excluding carboxylic acids is 2. The van der Waals surface area contributed by atoms with Crippen molar-refractivity contribution >= 4 is 56.4 Å². The largest absolute Gasteiger partial charge is 0.404 e. The van der Waals surface area contributed by atoms with Crippen LogP contribution >= 0.6 is 34.5 Å². The topological polar surface area (TPSA) is 129 Å². The summed E-state index contributed by atoms with van der Waals surface area (Å²) in [6, 6.07) is -0.222. The van der Waals surface area contributed by atoms with Gasteiger partial charge < -0.3 is 15.3 Å². The number of aliphatic hydroxyl groups is 1. The molecule has 1 heterocycles. The molecule has 3 N–H and O–H groups in total. The van der Waals surface area contributed by atoms with Crippen LogP contribution in [-0.2, 0) is 10.0 Å². The molecular weight excluding hydrogens is 604 g/mol. The molecule has 0 radical (unpaired) electrons. The van der Waals surface area contributed by atoms with Crippen LogP contribution in [0.5, 0.6) is 0 Å². The molecule has 9 nitrogen and oxygen atoms in total.